The average Bonchev–Trinajstić information content (AvgIpc) is 2.38. The van der Waals surface area contributed by atoms with Gasteiger partial charge in [0.1, 0.15) is 6.54 Å². The third kappa shape index (κ3) is 7.81. The number of aliphatic carboxylic acids is 1. The van der Waals surface area contributed by atoms with Gasteiger partial charge in [-0.2, -0.15) is 0 Å². The van der Waals surface area contributed by atoms with Crippen molar-refractivity contribution in [2.75, 3.05) is 6.54 Å². The van der Waals surface area contributed by atoms with Crippen molar-refractivity contribution in [3.8, 4) is 0 Å². The molecule has 0 fully saturated rings. The Kier molecular flexibility index (Phi) is 7.47. The van der Waals surface area contributed by atoms with Crippen LogP contribution >= 0.6 is 22.6 Å². The van der Waals surface area contributed by atoms with E-state index in [1.807, 2.05) is 0 Å². The number of hydrogen-bond donors (Lipinski definition) is 2. The number of halogens is 1. The third-order valence-electron chi connectivity index (χ3n) is 2.72. The molecule has 0 aliphatic rings. The summed E-state index contributed by atoms with van der Waals surface area (Å²) in [6, 6.07) is 8.44. The summed E-state index contributed by atoms with van der Waals surface area (Å²) >= 11 is 2.28. The molecule has 0 saturated carbocycles. The number of rotatable bonds is 8. The molecule has 0 saturated heterocycles. The molecule has 0 atom stereocenters. The molecule has 0 aliphatic carbocycles. The zero-order chi connectivity index (χ0) is 14.1. The van der Waals surface area contributed by atoms with Gasteiger partial charge in [-0.05, 0) is 59.5 Å². The molecule has 0 radical (unpaired) electrons. The van der Waals surface area contributed by atoms with E-state index >= 15 is 0 Å². The standard InChI is InChI=1S/C14H18INO3/c15-12-8-6-11(7-9-12)4-2-1-3-5-13(17)16-10-14(18)19/h6-9H,1-5,10H2,(H,16,17)(H,18,19). The number of carboxylic acid groups (broad SMARTS) is 1. The van der Waals surface area contributed by atoms with Gasteiger partial charge >= 0.3 is 5.97 Å². The number of hydrogen-bond acceptors (Lipinski definition) is 2. The van der Waals surface area contributed by atoms with Crippen LogP contribution in [0.25, 0.3) is 0 Å². The Hall–Kier alpha value is -1.11. The number of carboxylic acids is 1. The Morgan fingerprint density at radius 3 is 2.42 bits per heavy atom. The molecule has 1 amide bonds. The molecule has 1 aromatic carbocycles. The van der Waals surface area contributed by atoms with Gasteiger partial charge in [0.2, 0.25) is 5.91 Å². The van der Waals surface area contributed by atoms with E-state index in [0.29, 0.717) is 6.42 Å². The topological polar surface area (TPSA) is 66.4 Å². The number of amides is 1. The van der Waals surface area contributed by atoms with Gasteiger partial charge in [0.25, 0.3) is 0 Å². The SMILES string of the molecule is O=C(O)CNC(=O)CCCCCc1ccc(I)cc1. The molecule has 0 bridgehead atoms. The summed E-state index contributed by atoms with van der Waals surface area (Å²) in [6.07, 6.45) is 4.25. The Morgan fingerprint density at radius 1 is 1.11 bits per heavy atom. The van der Waals surface area contributed by atoms with Crippen molar-refractivity contribution in [2.24, 2.45) is 0 Å². The first-order valence-corrected chi connectivity index (χ1v) is 7.39. The summed E-state index contributed by atoms with van der Waals surface area (Å²) in [7, 11) is 0. The molecule has 0 aliphatic heterocycles. The fraction of sp³-hybridized carbons (Fsp3) is 0.429. The van der Waals surface area contributed by atoms with Crippen molar-refractivity contribution in [1.29, 1.82) is 0 Å². The molecule has 1 aromatic rings. The van der Waals surface area contributed by atoms with Gasteiger partial charge in [-0.3, -0.25) is 9.59 Å². The van der Waals surface area contributed by atoms with Gasteiger partial charge < -0.3 is 10.4 Å². The summed E-state index contributed by atoms with van der Waals surface area (Å²) in [5, 5.41) is 10.8. The lowest BCUT2D eigenvalue weighted by molar-refractivity contribution is -0.137. The Morgan fingerprint density at radius 2 is 1.79 bits per heavy atom. The lowest BCUT2D eigenvalue weighted by Crippen LogP contribution is -2.28. The maximum absolute atomic E-state index is 11.2. The minimum atomic E-state index is -1.01. The van der Waals surface area contributed by atoms with Crippen LogP contribution in [0.3, 0.4) is 0 Å². The van der Waals surface area contributed by atoms with Crippen LogP contribution in [0.15, 0.2) is 24.3 Å². The smallest absolute Gasteiger partial charge is 0.322 e. The minimum absolute atomic E-state index is 0.184. The maximum Gasteiger partial charge on any atom is 0.322 e. The molecule has 1 rings (SSSR count). The summed E-state index contributed by atoms with van der Waals surface area (Å²) in [5.74, 6) is -1.19. The van der Waals surface area contributed by atoms with E-state index < -0.39 is 5.97 Å². The zero-order valence-electron chi connectivity index (χ0n) is 10.7. The van der Waals surface area contributed by atoms with E-state index in [-0.39, 0.29) is 12.5 Å². The Balaban J connectivity index is 2.06. The lowest BCUT2D eigenvalue weighted by Gasteiger charge is -2.03. The van der Waals surface area contributed by atoms with Gasteiger partial charge in [0.15, 0.2) is 0 Å². The highest BCUT2D eigenvalue weighted by Crippen LogP contribution is 2.10. The van der Waals surface area contributed by atoms with Crippen LogP contribution in [-0.4, -0.2) is 23.5 Å². The lowest BCUT2D eigenvalue weighted by atomic mass is 10.1. The zero-order valence-corrected chi connectivity index (χ0v) is 12.9. The van der Waals surface area contributed by atoms with Crippen molar-refractivity contribution < 1.29 is 14.7 Å². The van der Waals surface area contributed by atoms with Gasteiger partial charge in [0, 0.05) is 9.99 Å². The molecule has 4 nitrogen and oxygen atoms in total. The average molecular weight is 375 g/mol. The summed E-state index contributed by atoms with van der Waals surface area (Å²) in [6.45, 7) is -0.290. The minimum Gasteiger partial charge on any atom is -0.480 e. The molecule has 5 heteroatoms. The maximum atomic E-state index is 11.2. The summed E-state index contributed by atoms with van der Waals surface area (Å²) in [4.78, 5) is 21.5. The molecular formula is C14H18INO3. The molecule has 0 heterocycles. The van der Waals surface area contributed by atoms with E-state index in [2.05, 4.69) is 52.2 Å². The molecule has 104 valence electrons. The van der Waals surface area contributed by atoms with Crippen molar-refractivity contribution >= 4 is 34.5 Å². The van der Waals surface area contributed by atoms with E-state index in [1.165, 1.54) is 9.13 Å². The van der Waals surface area contributed by atoms with Crippen LogP contribution in [0.1, 0.15) is 31.2 Å². The van der Waals surface area contributed by atoms with Gasteiger partial charge in [-0.15, -0.1) is 0 Å². The third-order valence-corrected chi connectivity index (χ3v) is 3.44. The van der Waals surface area contributed by atoms with Crippen LogP contribution in [0, 0.1) is 3.57 Å². The molecule has 0 aromatic heterocycles. The van der Waals surface area contributed by atoms with E-state index in [0.717, 1.165) is 25.7 Å². The highest BCUT2D eigenvalue weighted by atomic mass is 127. The predicted octanol–water partition coefficient (Wildman–Crippen LogP) is 2.59. The van der Waals surface area contributed by atoms with Crippen LogP contribution < -0.4 is 5.32 Å². The van der Waals surface area contributed by atoms with Gasteiger partial charge in [-0.1, -0.05) is 18.6 Å². The normalized spacial score (nSPS) is 10.2. The Bertz CT molecular complexity index is 417. The Labute approximate surface area is 126 Å². The van der Waals surface area contributed by atoms with Crippen LogP contribution in [-0.2, 0) is 16.0 Å². The second-order valence-corrected chi connectivity index (χ2v) is 5.60. The van der Waals surface area contributed by atoms with Crippen LogP contribution in [0.5, 0.6) is 0 Å². The number of benzene rings is 1. The molecular weight excluding hydrogens is 357 g/mol. The second-order valence-electron chi connectivity index (χ2n) is 4.36. The molecule has 0 unspecified atom stereocenters. The van der Waals surface area contributed by atoms with E-state index in [1.54, 1.807) is 0 Å². The van der Waals surface area contributed by atoms with Gasteiger partial charge in [0.05, 0.1) is 0 Å². The number of nitrogens with one attached hydrogen (secondary N) is 1. The summed E-state index contributed by atoms with van der Waals surface area (Å²) in [5.41, 5.74) is 1.32. The van der Waals surface area contributed by atoms with E-state index in [9.17, 15) is 9.59 Å². The monoisotopic (exact) mass is 375 g/mol. The summed E-state index contributed by atoms with van der Waals surface area (Å²) < 4.78 is 1.23. The molecule has 0 spiro atoms. The predicted molar refractivity (Wildman–Crippen MR) is 82.0 cm³/mol. The second kappa shape index (κ2) is 8.90. The van der Waals surface area contributed by atoms with Gasteiger partial charge in [-0.25, -0.2) is 0 Å². The fourth-order valence-corrected chi connectivity index (χ4v) is 2.06. The number of unbranched alkanes of at least 4 members (excludes halogenated alkanes) is 2. The molecule has 19 heavy (non-hydrogen) atoms. The van der Waals surface area contributed by atoms with Crippen molar-refractivity contribution in [3.05, 3.63) is 33.4 Å². The fourth-order valence-electron chi connectivity index (χ4n) is 1.71. The highest BCUT2D eigenvalue weighted by Gasteiger charge is 2.03. The largest absolute Gasteiger partial charge is 0.480 e. The quantitative estimate of drug-likeness (QED) is 0.542. The number of carbonyl (C=O) groups is 2. The number of carbonyl (C=O) groups excluding carboxylic acids is 1. The van der Waals surface area contributed by atoms with Crippen molar-refractivity contribution in [1.82, 2.24) is 5.32 Å². The van der Waals surface area contributed by atoms with Crippen molar-refractivity contribution in [3.63, 3.8) is 0 Å². The van der Waals surface area contributed by atoms with Crippen LogP contribution in [0.4, 0.5) is 0 Å². The first-order chi connectivity index (χ1) is 9.08. The van der Waals surface area contributed by atoms with Crippen molar-refractivity contribution in [2.45, 2.75) is 32.1 Å². The highest BCUT2D eigenvalue weighted by molar-refractivity contribution is 14.1. The first-order valence-electron chi connectivity index (χ1n) is 6.31. The van der Waals surface area contributed by atoms with E-state index in [4.69, 9.17) is 5.11 Å². The molecule has 2 N–H and O–H groups in total. The van der Waals surface area contributed by atoms with Crippen LogP contribution in [0.2, 0.25) is 0 Å². The number of aryl methyl sites for hydroxylation is 1. The first kappa shape index (κ1) is 15.9.